The predicted octanol–water partition coefficient (Wildman–Crippen LogP) is 6.84. The molecule has 172 valence electrons. The van der Waals surface area contributed by atoms with Crippen molar-refractivity contribution in [3.63, 3.8) is 0 Å². The molecule has 1 amide bonds. The van der Waals surface area contributed by atoms with Crippen LogP contribution in [0, 0.1) is 0 Å². The van der Waals surface area contributed by atoms with E-state index in [1.54, 1.807) is 18.2 Å². The SMILES string of the molecule is O=C(c1cccc(COc2cccc(Cl)c2Cl)c1)N1CCN(Cc2c(Cl)cccc2Cl)CC1. The van der Waals surface area contributed by atoms with Gasteiger partial charge in [0.2, 0.25) is 0 Å². The zero-order valence-corrected chi connectivity index (χ0v) is 20.8. The van der Waals surface area contributed by atoms with Gasteiger partial charge in [-0.3, -0.25) is 9.69 Å². The van der Waals surface area contributed by atoms with Gasteiger partial charge < -0.3 is 9.64 Å². The number of benzene rings is 3. The molecule has 4 rings (SSSR count). The van der Waals surface area contributed by atoms with Crippen LogP contribution in [0.25, 0.3) is 0 Å². The van der Waals surface area contributed by atoms with Gasteiger partial charge in [-0.25, -0.2) is 0 Å². The number of ether oxygens (including phenoxy) is 1. The maximum absolute atomic E-state index is 13.1. The van der Waals surface area contributed by atoms with Crippen molar-refractivity contribution in [3.05, 3.63) is 97.4 Å². The number of hydrogen-bond donors (Lipinski definition) is 0. The number of carbonyl (C=O) groups is 1. The van der Waals surface area contributed by atoms with E-state index >= 15 is 0 Å². The average molecular weight is 524 g/mol. The Morgan fingerprint density at radius 2 is 1.45 bits per heavy atom. The number of carbonyl (C=O) groups excluding carboxylic acids is 1. The quantitative estimate of drug-likeness (QED) is 0.354. The Bertz CT molecular complexity index is 1130. The molecule has 1 aliphatic heterocycles. The minimum Gasteiger partial charge on any atom is -0.487 e. The van der Waals surface area contributed by atoms with E-state index in [-0.39, 0.29) is 12.5 Å². The standard InChI is InChI=1S/C25H22Cl4N2O2/c26-20-6-2-7-21(27)19(20)15-30-10-12-31(13-11-30)25(32)18-5-1-4-17(14-18)16-33-23-9-3-8-22(28)24(23)29/h1-9,14H,10-13,15-16H2. The zero-order chi connectivity index (χ0) is 23.4. The lowest BCUT2D eigenvalue weighted by Gasteiger charge is -2.35. The summed E-state index contributed by atoms with van der Waals surface area (Å²) in [6.07, 6.45) is 0. The molecule has 3 aromatic carbocycles. The van der Waals surface area contributed by atoms with Gasteiger partial charge in [-0.05, 0) is 42.0 Å². The smallest absolute Gasteiger partial charge is 0.253 e. The molecule has 33 heavy (non-hydrogen) atoms. The first kappa shape index (κ1) is 24.2. The Labute approximate surface area is 213 Å². The average Bonchev–Trinajstić information content (AvgIpc) is 2.82. The highest BCUT2D eigenvalue weighted by Gasteiger charge is 2.23. The largest absolute Gasteiger partial charge is 0.487 e. The Hall–Kier alpha value is -1.95. The molecule has 0 spiro atoms. The third-order valence-electron chi connectivity index (χ3n) is 5.59. The second-order valence-corrected chi connectivity index (χ2v) is 9.41. The number of piperazine rings is 1. The van der Waals surface area contributed by atoms with E-state index < -0.39 is 0 Å². The summed E-state index contributed by atoms with van der Waals surface area (Å²) in [4.78, 5) is 17.2. The summed E-state index contributed by atoms with van der Waals surface area (Å²) in [5, 5.41) is 2.15. The van der Waals surface area contributed by atoms with Crippen LogP contribution in [0.15, 0.2) is 60.7 Å². The minimum atomic E-state index is 0.00747. The monoisotopic (exact) mass is 522 g/mol. The Kier molecular flexibility index (Phi) is 8.05. The summed E-state index contributed by atoms with van der Waals surface area (Å²) in [5.74, 6) is 0.517. The summed E-state index contributed by atoms with van der Waals surface area (Å²) in [6, 6.07) is 18.2. The first-order valence-corrected chi connectivity index (χ1v) is 12.0. The molecular formula is C25H22Cl4N2O2. The lowest BCUT2D eigenvalue weighted by molar-refractivity contribution is 0.0628. The predicted molar refractivity (Wildman–Crippen MR) is 135 cm³/mol. The molecule has 3 aromatic rings. The second-order valence-electron chi connectivity index (χ2n) is 7.81. The molecule has 4 nitrogen and oxygen atoms in total. The van der Waals surface area contributed by atoms with Crippen molar-refractivity contribution in [2.75, 3.05) is 26.2 Å². The van der Waals surface area contributed by atoms with Crippen molar-refractivity contribution in [3.8, 4) is 5.75 Å². The third kappa shape index (κ3) is 5.95. The highest BCUT2D eigenvalue weighted by Crippen LogP contribution is 2.32. The molecule has 0 N–H and O–H groups in total. The number of nitrogens with zero attached hydrogens (tertiary/aromatic N) is 2. The normalized spacial score (nSPS) is 14.4. The molecule has 0 aromatic heterocycles. The molecule has 0 unspecified atom stereocenters. The van der Waals surface area contributed by atoms with E-state index in [1.807, 2.05) is 47.4 Å². The first-order chi connectivity index (χ1) is 15.9. The molecule has 0 radical (unpaired) electrons. The molecule has 0 saturated carbocycles. The van der Waals surface area contributed by atoms with Gasteiger partial charge in [0.05, 0.1) is 5.02 Å². The van der Waals surface area contributed by atoms with Crippen molar-refractivity contribution in [1.29, 1.82) is 0 Å². The number of amides is 1. The van der Waals surface area contributed by atoms with E-state index in [4.69, 9.17) is 51.1 Å². The van der Waals surface area contributed by atoms with Gasteiger partial charge in [-0.15, -0.1) is 0 Å². The highest BCUT2D eigenvalue weighted by molar-refractivity contribution is 6.42. The molecule has 1 aliphatic rings. The van der Waals surface area contributed by atoms with Gasteiger partial charge in [-0.1, -0.05) is 70.7 Å². The molecule has 0 atom stereocenters. The van der Waals surface area contributed by atoms with Crippen LogP contribution in [-0.2, 0) is 13.2 Å². The molecule has 8 heteroatoms. The summed E-state index contributed by atoms with van der Waals surface area (Å²) in [7, 11) is 0. The summed E-state index contributed by atoms with van der Waals surface area (Å²) >= 11 is 24.8. The third-order valence-corrected chi connectivity index (χ3v) is 7.10. The fourth-order valence-electron chi connectivity index (χ4n) is 3.75. The van der Waals surface area contributed by atoms with Gasteiger partial charge in [0, 0.05) is 53.9 Å². The van der Waals surface area contributed by atoms with Crippen LogP contribution in [-0.4, -0.2) is 41.9 Å². The lowest BCUT2D eigenvalue weighted by Crippen LogP contribution is -2.48. The van der Waals surface area contributed by atoms with Gasteiger partial charge in [0.15, 0.2) is 0 Å². The first-order valence-electron chi connectivity index (χ1n) is 10.5. The Balaban J connectivity index is 1.35. The van der Waals surface area contributed by atoms with Crippen molar-refractivity contribution in [2.45, 2.75) is 13.2 Å². The number of hydrogen-bond acceptors (Lipinski definition) is 3. The summed E-state index contributed by atoms with van der Waals surface area (Å²) < 4.78 is 5.80. The van der Waals surface area contributed by atoms with Gasteiger partial charge >= 0.3 is 0 Å². The van der Waals surface area contributed by atoms with Gasteiger partial charge in [0.25, 0.3) is 5.91 Å². The van der Waals surface area contributed by atoms with Crippen LogP contribution in [0.4, 0.5) is 0 Å². The van der Waals surface area contributed by atoms with Crippen LogP contribution in [0.1, 0.15) is 21.5 Å². The van der Waals surface area contributed by atoms with E-state index in [1.165, 1.54) is 0 Å². The van der Waals surface area contributed by atoms with Crippen LogP contribution in [0.5, 0.6) is 5.75 Å². The Morgan fingerprint density at radius 3 is 2.18 bits per heavy atom. The van der Waals surface area contributed by atoms with E-state index in [0.717, 1.165) is 24.2 Å². The van der Waals surface area contributed by atoms with E-state index in [9.17, 15) is 4.79 Å². The van der Waals surface area contributed by atoms with Crippen molar-refractivity contribution >= 4 is 52.3 Å². The number of halogens is 4. The van der Waals surface area contributed by atoms with E-state index in [0.29, 0.717) is 51.0 Å². The fourth-order valence-corrected chi connectivity index (χ4v) is 4.61. The van der Waals surface area contributed by atoms with Gasteiger partial charge in [-0.2, -0.15) is 0 Å². The maximum atomic E-state index is 13.1. The van der Waals surface area contributed by atoms with Crippen molar-refractivity contribution in [2.24, 2.45) is 0 Å². The number of rotatable bonds is 6. The Morgan fingerprint density at radius 1 is 0.818 bits per heavy atom. The van der Waals surface area contributed by atoms with Crippen LogP contribution in [0.3, 0.4) is 0 Å². The molecular weight excluding hydrogens is 502 g/mol. The van der Waals surface area contributed by atoms with Crippen LogP contribution < -0.4 is 4.74 Å². The molecule has 1 fully saturated rings. The minimum absolute atomic E-state index is 0.00747. The molecule has 1 saturated heterocycles. The maximum Gasteiger partial charge on any atom is 0.253 e. The van der Waals surface area contributed by atoms with Crippen LogP contribution >= 0.6 is 46.4 Å². The lowest BCUT2D eigenvalue weighted by atomic mass is 10.1. The fraction of sp³-hybridized carbons (Fsp3) is 0.240. The second kappa shape index (κ2) is 11.0. The summed E-state index contributed by atoms with van der Waals surface area (Å²) in [6.45, 7) is 3.74. The van der Waals surface area contributed by atoms with Gasteiger partial charge in [0.1, 0.15) is 17.4 Å². The van der Waals surface area contributed by atoms with E-state index in [2.05, 4.69) is 4.90 Å². The van der Waals surface area contributed by atoms with Crippen molar-refractivity contribution in [1.82, 2.24) is 9.80 Å². The topological polar surface area (TPSA) is 32.8 Å². The van der Waals surface area contributed by atoms with Crippen LogP contribution in [0.2, 0.25) is 20.1 Å². The molecule has 0 aliphatic carbocycles. The molecule has 0 bridgehead atoms. The molecule has 1 heterocycles. The summed E-state index contributed by atoms with van der Waals surface area (Å²) in [5.41, 5.74) is 2.44. The van der Waals surface area contributed by atoms with Crippen molar-refractivity contribution < 1.29 is 9.53 Å². The zero-order valence-electron chi connectivity index (χ0n) is 17.7. The highest BCUT2D eigenvalue weighted by atomic mass is 35.5.